The molecule has 0 amide bonds. The number of hydrogen-bond donors (Lipinski definition) is 1. The van der Waals surface area contributed by atoms with Crippen molar-refractivity contribution in [3.63, 3.8) is 0 Å². The molecule has 1 aliphatic rings. The predicted octanol–water partition coefficient (Wildman–Crippen LogP) is 4.60. The summed E-state index contributed by atoms with van der Waals surface area (Å²) in [6, 6.07) is 10.8. The molecule has 0 bridgehead atoms. The molecule has 0 spiro atoms. The second kappa shape index (κ2) is 6.36. The molecule has 3 heterocycles. The summed E-state index contributed by atoms with van der Waals surface area (Å²) in [5.41, 5.74) is 4.23. The lowest BCUT2D eigenvalue weighted by Gasteiger charge is -2.30. The van der Waals surface area contributed by atoms with Crippen LogP contribution in [0.5, 0.6) is 0 Å². The second-order valence-electron chi connectivity index (χ2n) is 6.84. The number of pyridine rings is 1. The third-order valence-electron chi connectivity index (χ3n) is 5.07. The molecule has 4 heteroatoms. The number of H-pyrrole nitrogens is 1. The number of rotatable bonds is 3. The van der Waals surface area contributed by atoms with Gasteiger partial charge in [-0.3, -0.25) is 4.90 Å². The Morgan fingerprint density at radius 3 is 2.67 bits per heavy atom. The van der Waals surface area contributed by atoms with E-state index in [-0.39, 0.29) is 5.82 Å². The van der Waals surface area contributed by atoms with E-state index >= 15 is 0 Å². The maximum absolute atomic E-state index is 13.3. The molecule has 0 saturated carbocycles. The Kier molecular flexibility index (Phi) is 4.07. The zero-order valence-electron chi connectivity index (χ0n) is 13.9. The van der Waals surface area contributed by atoms with Gasteiger partial charge < -0.3 is 4.98 Å². The molecule has 0 aliphatic carbocycles. The lowest BCUT2D eigenvalue weighted by molar-refractivity contribution is 0.186. The molecule has 2 aromatic heterocycles. The number of halogens is 1. The predicted molar refractivity (Wildman–Crippen MR) is 95.2 cm³/mol. The van der Waals surface area contributed by atoms with Gasteiger partial charge in [0.15, 0.2) is 0 Å². The molecule has 1 aliphatic heterocycles. The molecule has 0 atom stereocenters. The van der Waals surface area contributed by atoms with Crippen LogP contribution in [-0.4, -0.2) is 28.0 Å². The van der Waals surface area contributed by atoms with Crippen LogP contribution in [0.2, 0.25) is 0 Å². The van der Waals surface area contributed by atoms with Crippen molar-refractivity contribution in [3.05, 3.63) is 54.0 Å². The summed E-state index contributed by atoms with van der Waals surface area (Å²) in [5, 5.41) is 1.16. The standard InChI is InChI=1S/C20H22FN3/c1-14-8-11-24(12-9-14)13-18-17-3-2-10-22-20(17)23-19(18)15-4-6-16(21)7-5-15/h2-7,10,14H,8-9,11-13H2,1H3,(H,22,23). The van der Waals surface area contributed by atoms with Gasteiger partial charge in [0.05, 0.1) is 5.69 Å². The first kappa shape index (κ1) is 15.3. The first-order chi connectivity index (χ1) is 11.7. The van der Waals surface area contributed by atoms with E-state index in [4.69, 9.17) is 0 Å². The van der Waals surface area contributed by atoms with E-state index in [1.54, 1.807) is 6.20 Å². The number of nitrogens with one attached hydrogen (secondary N) is 1. The minimum atomic E-state index is -0.209. The van der Waals surface area contributed by atoms with Gasteiger partial charge in [-0.15, -0.1) is 0 Å². The van der Waals surface area contributed by atoms with Gasteiger partial charge in [-0.1, -0.05) is 6.92 Å². The largest absolute Gasteiger partial charge is 0.339 e. The van der Waals surface area contributed by atoms with Gasteiger partial charge in [0.2, 0.25) is 0 Å². The monoisotopic (exact) mass is 323 g/mol. The van der Waals surface area contributed by atoms with Crippen LogP contribution in [0.15, 0.2) is 42.6 Å². The van der Waals surface area contributed by atoms with Crippen LogP contribution in [0, 0.1) is 11.7 Å². The minimum absolute atomic E-state index is 0.209. The maximum atomic E-state index is 13.3. The third-order valence-corrected chi connectivity index (χ3v) is 5.07. The molecule has 0 radical (unpaired) electrons. The van der Waals surface area contributed by atoms with E-state index in [1.165, 1.54) is 30.5 Å². The molecule has 1 N–H and O–H groups in total. The van der Waals surface area contributed by atoms with E-state index in [0.717, 1.165) is 47.8 Å². The topological polar surface area (TPSA) is 31.9 Å². The molecule has 1 saturated heterocycles. The Morgan fingerprint density at radius 2 is 1.92 bits per heavy atom. The molecular formula is C20H22FN3. The fourth-order valence-corrected chi connectivity index (χ4v) is 3.55. The normalized spacial score (nSPS) is 16.8. The van der Waals surface area contributed by atoms with Crippen LogP contribution in [0.4, 0.5) is 4.39 Å². The average Bonchev–Trinajstić information content (AvgIpc) is 2.96. The lowest BCUT2D eigenvalue weighted by atomic mass is 9.98. The zero-order chi connectivity index (χ0) is 16.5. The minimum Gasteiger partial charge on any atom is -0.339 e. The Balaban J connectivity index is 1.74. The summed E-state index contributed by atoms with van der Waals surface area (Å²) < 4.78 is 13.3. The Hall–Kier alpha value is -2.20. The number of likely N-dealkylation sites (tertiary alicyclic amines) is 1. The van der Waals surface area contributed by atoms with Gasteiger partial charge in [0.1, 0.15) is 11.5 Å². The van der Waals surface area contributed by atoms with Crippen molar-refractivity contribution in [2.45, 2.75) is 26.3 Å². The summed E-state index contributed by atoms with van der Waals surface area (Å²) in [6.45, 7) is 5.51. The van der Waals surface area contributed by atoms with Crippen LogP contribution >= 0.6 is 0 Å². The van der Waals surface area contributed by atoms with Crippen LogP contribution in [0.25, 0.3) is 22.3 Å². The molecule has 3 aromatic rings. The van der Waals surface area contributed by atoms with Crippen molar-refractivity contribution in [2.24, 2.45) is 5.92 Å². The molecule has 124 valence electrons. The van der Waals surface area contributed by atoms with E-state index < -0.39 is 0 Å². The number of nitrogens with zero attached hydrogens (tertiary/aromatic N) is 2. The van der Waals surface area contributed by atoms with Gasteiger partial charge in [-0.05, 0) is 73.8 Å². The highest BCUT2D eigenvalue weighted by molar-refractivity contribution is 5.88. The second-order valence-corrected chi connectivity index (χ2v) is 6.84. The number of hydrogen-bond acceptors (Lipinski definition) is 2. The van der Waals surface area contributed by atoms with Crippen molar-refractivity contribution in [1.29, 1.82) is 0 Å². The van der Waals surface area contributed by atoms with Gasteiger partial charge in [0, 0.05) is 23.7 Å². The van der Waals surface area contributed by atoms with Crippen molar-refractivity contribution in [3.8, 4) is 11.3 Å². The van der Waals surface area contributed by atoms with Gasteiger partial charge in [-0.2, -0.15) is 0 Å². The molecule has 3 nitrogen and oxygen atoms in total. The van der Waals surface area contributed by atoms with Crippen molar-refractivity contribution in [2.75, 3.05) is 13.1 Å². The SMILES string of the molecule is CC1CCN(Cc2c(-c3ccc(F)cc3)[nH]c3ncccc23)CC1. The summed E-state index contributed by atoms with van der Waals surface area (Å²) >= 11 is 0. The maximum Gasteiger partial charge on any atom is 0.138 e. The summed E-state index contributed by atoms with van der Waals surface area (Å²) in [4.78, 5) is 10.4. The van der Waals surface area contributed by atoms with E-state index in [9.17, 15) is 4.39 Å². The Morgan fingerprint density at radius 1 is 1.17 bits per heavy atom. The number of aromatic nitrogens is 2. The van der Waals surface area contributed by atoms with Crippen LogP contribution in [0.1, 0.15) is 25.3 Å². The fraction of sp³-hybridized carbons (Fsp3) is 0.350. The Labute approximate surface area is 141 Å². The highest BCUT2D eigenvalue weighted by Crippen LogP contribution is 2.31. The molecular weight excluding hydrogens is 301 g/mol. The fourth-order valence-electron chi connectivity index (χ4n) is 3.55. The average molecular weight is 323 g/mol. The summed E-state index contributed by atoms with van der Waals surface area (Å²) in [7, 11) is 0. The van der Waals surface area contributed by atoms with E-state index in [2.05, 4.69) is 27.9 Å². The summed E-state index contributed by atoms with van der Waals surface area (Å²) in [5.74, 6) is 0.613. The van der Waals surface area contributed by atoms with Gasteiger partial charge >= 0.3 is 0 Å². The van der Waals surface area contributed by atoms with Crippen molar-refractivity contribution >= 4 is 11.0 Å². The molecule has 1 aromatic carbocycles. The van der Waals surface area contributed by atoms with E-state index in [1.807, 2.05) is 18.2 Å². The number of piperidine rings is 1. The number of aromatic amines is 1. The summed E-state index contributed by atoms with van der Waals surface area (Å²) in [6.07, 6.45) is 4.32. The molecule has 1 fully saturated rings. The van der Waals surface area contributed by atoms with Crippen LogP contribution in [-0.2, 0) is 6.54 Å². The zero-order valence-corrected chi connectivity index (χ0v) is 13.9. The third kappa shape index (κ3) is 2.94. The lowest BCUT2D eigenvalue weighted by Crippen LogP contribution is -2.32. The van der Waals surface area contributed by atoms with E-state index in [0.29, 0.717) is 0 Å². The van der Waals surface area contributed by atoms with Crippen molar-refractivity contribution < 1.29 is 4.39 Å². The highest BCUT2D eigenvalue weighted by Gasteiger charge is 2.20. The molecule has 0 unspecified atom stereocenters. The first-order valence-corrected chi connectivity index (χ1v) is 8.64. The van der Waals surface area contributed by atoms with Crippen LogP contribution in [0.3, 0.4) is 0 Å². The Bertz CT molecular complexity index is 830. The highest BCUT2D eigenvalue weighted by atomic mass is 19.1. The van der Waals surface area contributed by atoms with Gasteiger partial charge in [0.25, 0.3) is 0 Å². The van der Waals surface area contributed by atoms with Crippen molar-refractivity contribution in [1.82, 2.24) is 14.9 Å². The number of benzene rings is 1. The molecule has 24 heavy (non-hydrogen) atoms. The van der Waals surface area contributed by atoms with Crippen LogP contribution < -0.4 is 0 Å². The van der Waals surface area contributed by atoms with Gasteiger partial charge in [-0.25, -0.2) is 9.37 Å². The smallest absolute Gasteiger partial charge is 0.138 e. The first-order valence-electron chi connectivity index (χ1n) is 8.64. The quantitative estimate of drug-likeness (QED) is 0.764. The molecule has 4 rings (SSSR count). The number of fused-ring (bicyclic) bond motifs is 1.